The topological polar surface area (TPSA) is 47.5 Å². The molecule has 28 heavy (non-hydrogen) atoms. The van der Waals surface area contributed by atoms with Crippen molar-refractivity contribution in [3.63, 3.8) is 0 Å². The second-order valence-corrected chi connectivity index (χ2v) is 6.64. The van der Waals surface area contributed by atoms with Crippen LogP contribution in [0.5, 0.6) is 0 Å². The average molecular weight is 388 g/mol. The van der Waals surface area contributed by atoms with Gasteiger partial charge in [-0.15, -0.1) is 0 Å². The van der Waals surface area contributed by atoms with E-state index in [0.717, 1.165) is 36.5 Å². The molecule has 1 fully saturated rings. The molecule has 1 saturated heterocycles. The number of hydrogen-bond donors (Lipinski definition) is 3. The molecule has 0 aromatic heterocycles. The molecule has 4 nitrogen and oxygen atoms in total. The molecule has 0 aliphatic carbocycles. The maximum Gasteiger partial charge on any atom is 0.134 e. The Bertz CT molecular complexity index is 772. The minimum Gasteiger partial charge on any atom is -0.317 e. The van der Waals surface area contributed by atoms with Crippen LogP contribution in [0, 0.1) is 11.7 Å². The van der Waals surface area contributed by atoms with Crippen LogP contribution in [0.4, 0.5) is 4.39 Å². The summed E-state index contributed by atoms with van der Waals surface area (Å²) in [6, 6.07) is 11.3. The van der Waals surface area contributed by atoms with E-state index in [9.17, 15) is 9.60 Å². The highest BCUT2D eigenvalue weighted by Crippen LogP contribution is 2.30. The molecule has 0 amide bonds. The molecule has 2 heterocycles. The molecule has 0 radical (unpaired) electrons. The van der Waals surface area contributed by atoms with E-state index in [1.807, 2.05) is 64.1 Å². The zero-order valence-electron chi connectivity index (χ0n) is 17.5. The van der Waals surface area contributed by atoms with Crippen LogP contribution in [-0.2, 0) is 6.42 Å². The SMILES string of the molecule is CC.CC.ON1C=C(C2CCNCC2)C(Cc2ccc3ccccc3c2F)N1. The van der Waals surface area contributed by atoms with Crippen LogP contribution >= 0.6 is 0 Å². The summed E-state index contributed by atoms with van der Waals surface area (Å²) < 4.78 is 14.9. The molecule has 5 heteroatoms. The van der Waals surface area contributed by atoms with Crippen LogP contribution in [0.1, 0.15) is 46.1 Å². The van der Waals surface area contributed by atoms with Gasteiger partial charge < -0.3 is 5.32 Å². The Kier molecular flexibility index (Phi) is 8.90. The lowest BCUT2D eigenvalue weighted by atomic mass is 9.84. The van der Waals surface area contributed by atoms with Crippen molar-refractivity contribution in [1.82, 2.24) is 15.9 Å². The Labute approximate surface area is 168 Å². The van der Waals surface area contributed by atoms with Crippen molar-refractivity contribution in [2.24, 2.45) is 5.92 Å². The molecule has 2 aliphatic heterocycles. The number of benzene rings is 2. The lowest BCUT2D eigenvalue weighted by Crippen LogP contribution is -2.38. The van der Waals surface area contributed by atoms with Crippen molar-refractivity contribution in [2.75, 3.05) is 13.1 Å². The molecule has 154 valence electrons. The number of piperidine rings is 1. The van der Waals surface area contributed by atoms with Gasteiger partial charge in [-0.2, -0.15) is 5.17 Å². The van der Waals surface area contributed by atoms with Gasteiger partial charge in [0.2, 0.25) is 0 Å². The van der Waals surface area contributed by atoms with E-state index in [-0.39, 0.29) is 11.9 Å². The van der Waals surface area contributed by atoms with Crippen LogP contribution in [0.2, 0.25) is 0 Å². The highest BCUT2D eigenvalue weighted by molar-refractivity contribution is 5.83. The Hall–Kier alpha value is -1.95. The van der Waals surface area contributed by atoms with E-state index in [1.54, 1.807) is 6.20 Å². The number of hydroxylamine groups is 1. The number of nitrogens with one attached hydrogen (secondary N) is 2. The van der Waals surface area contributed by atoms with Gasteiger partial charge in [0.25, 0.3) is 0 Å². The van der Waals surface area contributed by atoms with E-state index in [2.05, 4.69) is 10.7 Å². The number of hydrazine groups is 1. The highest BCUT2D eigenvalue weighted by atomic mass is 19.1. The van der Waals surface area contributed by atoms with Gasteiger partial charge in [0.1, 0.15) is 5.82 Å². The largest absolute Gasteiger partial charge is 0.317 e. The minimum atomic E-state index is -0.157. The van der Waals surface area contributed by atoms with Gasteiger partial charge in [-0.1, -0.05) is 64.1 Å². The number of halogens is 1. The summed E-state index contributed by atoms with van der Waals surface area (Å²) >= 11 is 0. The first-order valence-electron chi connectivity index (χ1n) is 10.5. The maximum atomic E-state index is 14.9. The normalized spacial score (nSPS) is 19.4. The van der Waals surface area contributed by atoms with Gasteiger partial charge in [0, 0.05) is 11.6 Å². The van der Waals surface area contributed by atoms with Crippen LogP contribution in [0.3, 0.4) is 0 Å². The fourth-order valence-electron chi connectivity index (χ4n) is 3.87. The first-order chi connectivity index (χ1) is 13.7. The fraction of sp³-hybridized carbons (Fsp3) is 0.478. The van der Waals surface area contributed by atoms with Crippen LogP contribution < -0.4 is 10.7 Å². The van der Waals surface area contributed by atoms with E-state index in [4.69, 9.17) is 0 Å². The summed E-state index contributed by atoms with van der Waals surface area (Å²) in [6.07, 6.45) is 4.40. The minimum absolute atomic E-state index is 0.0613. The molecular formula is C23H34FN3O. The van der Waals surface area contributed by atoms with Crippen molar-refractivity contribution in [2.45, 2.75) is 53.0 Å². The van der Waals surface area contributed by atoms with Crippen molar-refractivity contribution < 1.29 is 9.60 Å². The van der Waals surface area contributed by atoms with Gasteiger partial charge in [0.15, 0.2) is 0 Å². The van der Waals surface area contributed by atoms with Crippen LogP contribution in [-0.4, -0.2) is 29.5 Å². The molecule has 0 spiro atoms. The summed E-state index contributed by atoms with van der Waals surface area (Å²) in [7, 11) is 0. The third-order valence-electron chi connectivity index (χ3n) is 5.14. The van der Waals surface area contributed by atoms with Gasteiger partial charge in [-0.3, -0.25) is 5.21 Å². The molecule has 2 aromatic rings. The van der Waals surface area contributed by atoms with Crippen molar-refractivity contribution >= 4 is 10.8 Å². The molecule has 0 saturated carbocycles. The predicted molar refractivity (Wildman–Crippen MR) is 115 cm³/mol. The van der Waals surface area contributed by atoms with E-state index >= 15 is 0 Å². The quantitative estimate of drug-likeness (QED) is 0.691. The Balaban J connectivity index is 0.000000660. The average Bonchev–Trinajstić information content (AvgIpc) is 3.14. The Morgan fingerprint density at radius 1 is 1.04 bits per heavy atom. The Morgan fingerprint density at radius 2 is 1.71 bits per heavy atom. The predicted octanol–water partition coefficient (Wildman–Crippen LogP) is 5.04. The lowest BCUT2D eigenvalue weighted by molar-refractivity contribution is -0.0839. The third-order valence-corrected chi connectivity index (χ3v) is 5.14. The van der Waals surface area contributed by atoms with Gasteiger partial charge in [0.05, 0.1) is 6.04 Å². The summed E-state index contributed by atoms with van der Waals surface area (Å²) in [5, 5.41) is 15.8. The number of fused-ring (bicyclic) bond motifs is 1. The molecule has 0 bridgehead atoms. The zero-order valence-corrected chi connectivity index (χ0v) is 17.5. The van der Waals surface area contributed by atoms with Crippen molar-refractivity contribution in [3.8, 4) is 0 Å². The Morgan fingerprint density at radius 3 is 2.43 bits per heavy atom. The molecule has 2 aromatic carbocycles. The third kappa shape index (κ3) is 5.10. The molecule has 1 unspecified atom stereocenters. The maximum absolute atomic E-state index is 14.9. The molecule has 4 rings (SSSR count). The smallest absolute Gasteiger partial charge is 0.134 e. The van der Waals surface area contributed by atoms with Gasteiger partial charge in [-0.05, 0) is 54.8 Å². The second kappa shape index (κ2) is 11.1. The molecule has 3 N–H and O–H groups in total. The molecule has 2 aliphatic rings. The van der Waals surface area contributed by atoms with Gasteiger partial charge >= 0.3 is 0 Å². The summed E-state index contributed by atoms with van der Waals surface area (Å²) in [5.41, 5.74) is 4.89. The van der Waals surface area contributed by atoms with E-state index < -0.39 is 0 Å². The monoisotopic (exact) mass is 387 g/mol. The first-order valence-corrected chi connectivity index (χ1v) is 10.5. The van der Waals surface area contributed by atoms with E-state index in [0.29, 0.717) is 23.3 Å². The first kappa shape index (κ1) is 22.3. The standard InChI is InChI=1S/C19H22FN3O.2C2H6/c20-19-15(6-5-13-3-1-2-4-16(13)19)11-18-17(12-23(24)22-18)14-7-9-21-10-8-14;2*1-2/h1-6,12,14,18,21-22,24H,7-11H2;2*1-2H3. The zero-order chi connectivity index (χ0) is 20.5. The summed E-state index contributed by atoms with van der Waals surface area (Å²) in [6.45, 7) is 9.98. The highest BCUT2D eigenvalue weighted by Gasteiger charge is 2.30. The van der Waals surface area contributed by atoms with Gasteiger partial charge in [-0.25, -0.2) is 9.82 Å². The second-order valence-electron chi connectivity index (χ2n) is 6.64. The summed E-state index contributed by atoms with van der Waals surface area (Å²) in [4.78, 5) is 0. The molecular weight excluding hydrogens is 353 g/mol. The summed E-state index contributed by atoms with van der Waals surface area (Å²) in [5.74, 6) is 0.278. The lowest BCUT2D eigenvalue weighted by Gasteiger charge is -2.27. The van der Waals surface area contributed by atoms with Crippen LogP contribution in [0.25, 0.3) is 10.8 Å². The molecule has 1 atom stereocenters. The number of hydrogen-bond acceptors (Lipinski definition) is 4. The fourth-order valence-corrected chi connectivity index (χ4v) is 3.87. The van der Waals surface area contributed by atoms with Crippen molar-refractivity contribution in [3.05, 3.63) is 59.6 Å². The number of rotatable bonds is 3. The van der Waals surface area contributed by atoms with E-state index in [1.165, 1.54) is 5.57 Å². The number of nitrogens with zero attached hydrogens (tertiary/aromatic N) is 1. The van der Waals surface area contributed by atoms with Crippen LogP contribution in [0.15, 0.2) is 48.2 Å². The van der Waals surface area contributed by atoms with Crippen molar-refractivity contribution in [1.29, 1.82) is 0 Å².